The second-order valence-corrected chi connectivity index (χ2v) is 6.37. The lowest BCUT2D eigenvalue weighted by molar-refractivity contribution is 0.0497. The minimum Gasteiger partial charge on any atom is -0.462 e. The van der Waals surface area contributed by atoms with E-state index < -0.39 is 5.97 Å². The Kier molecular flexibility index (Phi) is 10.5. The van der Waals surface area contributed by atoms with Crippen molar-refractivity contribution in [3.63, 3.8) is 0 Å². The number of hydrogen-bond acceptors (Lipinski definition) is 2. The quantitative estimate of drug-likeness (QED) is 0.319. The van der Waals surface area contributed by atoms with Crippen molar-refractivity contribution in [1.82, 2.24) is 0 Å². The smallest absolute Gasteiger partial charge is 0.338 e. The van der Waals surface area contributed by atoms with Crippen LogP contribution in [0.4, 0.5) is 0 Å². The van der Waals surface area contributed by atoms with E-state index in [0.29, 0.717) is 6.61 Å². The third kappa shape index (κ3) is 8.85. The minimum absolute atomic E-state index is 0.122. The molecule has 0 fully saturated rings. The summed E-state index contributed by atoms with van der Waals surface area (Å²) in [6, 6.07) is 4.18. The molecule has 0 aliphatic rings. The number of halogens is 1. The Morgan fingerprint density at radius 1 is 0.957 bits per heavy atom. The van der Waals surface area contributed by atoms with E-state index in [1.54, 1.807) is 0 Å². The van der Waals surface area contributed by atoms with E-state index in [4.69, 9.17) is 16.3 Å². The first kappa shape index (κ1) is 19.8. The normalized spacial score (nSPS) is 10.7. The maximum atomic E-state index is 11.8. The van der Waals surface area contributed by atoms with Crippen LogP contribution in [0.5, 0.6) is 5.75 Å². The van der Waals surface area contributed by atoms with Gasteiger partial charge in [-0.05, 0) is 18.6 Å². The molecule has 0 unspecified atom stereocenters. The number of unbranched alkanes of at least 4 members (excludes halogenated alkanes) is 9. The van der Waals surface area contributed by atoms with E-state index in [1.165, 1.54) is 69.6 Å². The van der Waals surface area contributed by atoms with Crippen molar-refractivity contribution in [3.05, 3.63) is 28.8 Å². The highest BCUT2D eigenvalue weighted by Gasteiger charge is 2.10. The van der Waals surface area contributed by atoms with Gasteiger partial charge in [-0.1, -0.05) is 76.3 Å². The molecule has 0 saturated heterocycles. The summed E-state index contributed by atoms with van der Waals surface area (Å²) in [4.78, 5) is 11.8. The Hall–Kier alpha value is -1.22. The third-order valence-electron chi connectivity index (χ3n) is 3.90. The van der Waals surface area contributed by atoms with Crippen molar-refractivity contribution in [1.29, 1.82) is 0 Å². The topological polar surface area (TPSA) is 46.2 Å². The number of hydrogen-bond donors (Lipinski definition) is 0. The maximum Gasteiger partial charge on any atom is 0.338 e. The van der Waals surface area contributed by atoms with Crippen molar-refractivity contribution in [2.75, 3.05) is 6.61 Å². The largest absolute Gasteiger partial charge is 0.462 e. The van der Waals surface area contributed by atoms with Crippen LogP contribution in [0.3, 0.4) is 0 Å². The summed E-state index contributed by atoms with van der Waals surface area (Å²) in [5.41, 5.74) is 0.270. The molecule has 1 aromatic rings. The first-order valence-electron chi connectivity index (χ1n) is 8.79. The van der Waals surface area contributed by atoms with E-state index in [-0.39, 0.29) is 16.3 Å². The highest BCUT2D eigenvalue weighted by molar-refractivity contribution is 6.32. The van der Waals surface area contributed by atoms with Gasteiger partial charge in [0.2, 0.25) is 0 Å². The molecule has 0 aliphatic heterocycles. The Labute approximate surface area is 145 Å². The molecule has 1 aromatic carbocycles. The SMILES string of the molecule is CCCCCCCCCCCCOC(=O)c1ccc(Cl)c([O])c1. The van der Waals surface area contributed by atoms with Crippen LogP contribution in [-0.4, -0.2) is 12.6 Å². The molecule has 0 aliphatic carbocycles. The fraction of sp³-hybridized carbons (Fsp3) is 0.632. The van der Waals surface area contributed by atoms with Crippen molar-refractivity contribution >= 4 is 17.6 Å². The molecule has 4 heteroatoms. The van der Waals surface area contributed by atoms with Crippen LogP contribution in [-0.2, 0) is 9.84 Å². The fourth-order valence-corrected chi connectivity index (χ4v) is 2.59. The van der Waals surface area contributed by atoms with Gasteiger partial charge in [0.25, 0.3) is 0 Å². The zero-order valence-corrected chi connectivity index (χ0v) is 14.9. The standard InChI is InChI=1S/C19H28ClO3/c1-2-3-4-5-6-7-8-9-10-11-14-23-19(22)16-12-13-17(20)18(21)15-16/h12-13,15H,2-11,14H2,1H3. The Morgan fingerprint density at radius 3 is 2.09 bits per heavy atom. The van der Waals surface area contributed by atoms with E-state index >= 15 is 0 Å². The van der Waals surface area contributed by atoms with E-state index in [9.17, 15) is 9.90 Å². The lowest BCUT2D eigenvalue weighted by Gasteiger charge is -2.05. The van der Waals surface area contributed by atoms with Crippen LogP contribution in [0.15, 0.2) is 18.2 Å². The average molecular weight is 340 g/mol. The minimum atomic E-state index is -0.449. The Morgan fingerprint density at radius 2 is 1.52 bits per heavy atom. The van der Waals surface area contributed by atoms with Gasteiger partial charge >= 0.3 is 5.97 Å². The fourth-order valence-electron chi connectivity index (χ4n) is 2.47. The monoisotopic (exact) mass is 339 g/mol. The summed E-state index contributed by atoms with van der Waals surface area (Å²) in [5, 5.41) is 11.5. The maximum absolute atomic E-state index is 11.8. The van der Waals surface area contributed by atoms with Gasteiger partial charge in [-0.25, -0.2) is 4.79 Å². The molecule has 1 radical (unpaired) electrons. The van der Waals surface area contributed by atoms with Crippen LogP contribution in [0, 0.1) is 0 Å². The molecule has 129 valence electrons. The molecule has 0 saturated carbocycles. The molecule has 0 N–H and O–H groups in total. The van der Waals surface area contributed by atoms with Crippen LogP contribution < -0.4 is 0 Å². The number of esters is 1. The zero-order valence-electron chi connectivity index (χ0n) is 14.1. The number of ether oxygens (including phenoxy) is 1. The summed E-state index contributed by atoms with van der Waals surface area (Å²) < 4.78 is 5.17. The molecule has 3 nitrogen and oxygen atoms in total. The highest BCUT2D eigenvalue weighted by atomic mass is 35.5. The molecule has 0 bridgehead atoms. The van der Waals surface area contributed by atoms with Crippen LogP contribution in [0.25, 0.3) is 0 Å². The number of carbonyl (C=O) groups excluding carboxylic acids is 1. The first-order valence-corrected chi connectivity index (χ1v) is 9.16. The molecule has 0 atom stereocenters. The molecule has 0 heterocycles. The summed E-state index contributed by atoms with van der Waals surface area (Å²) in [6.45, 7) is 2.64. The summed E-state index contributed by atoms with van der Waals surface area (Å²) >= 11 is 5.64. The molecule has 23 heavy (non-hydrogen) atoms. The average Bonchev–Trinajstić information content (AvgIpc) is 2.55. The van der Waals surface area contributed by atoms with E-state index in [1.807, 2.05) is 0 Å². The molecule has 0 aromatic heterocycles. The van der Waals surface area contributed by atoms with Gasteiger partial charge in [0.15, 0.2) is 5.75 Å². The van der Waals surface area contributed by atoms with Gasteiger partial charge < -0.3 is 4.74 Å². The van der Waals surface area contributed by atoms with E-state index in [0.717, 1.165) is 12.8 Å². The van der Waals surface area contributed by atoms with Crippen molar-refractivity contribution < 1.29 is 14.6 Å². The summed E-state index contributed by atoms with van der Waals surface area (Å²) in [6.07, 6.45) is 12.4. The Bertz CT molecular complexity index is 460. The predicted octanol–water partition coefficient (Wildman–Crippen LogP) is 6.56. The van der Waals surface area contributed by atoms with E-state index in [2.05, 4.69) is 6.92 Å². The van der Waals surface area contributed by atoms with Crippen LogP contribution in [0.2, 0.25) is 5.02 Å². The Balaban J connectivity index is 2.00. The molecule has 0 amide bonds. The van der Waals surface area contributed by atoms with Crippen molar-refractivity contribution in [2.24, 2.45) is 0 Å². The second-order valence-electron chi connectivity index (χ2n) is 5.96. The molecule has 0 spiro atoms. The third-order valence-corrected chi connectivity index (χ3v) is 4.21. The highest BCUT2D eigenvalue weighted by Crippen LogP contribution is 2.24. The van der Waals surface area contributed by atoms with Gasteiger partial charge in [0.1, 0.15) is 0 Å². The number of rotatable bonds is 12. The predicted molar refractivity (Wildman–Crippen MR) is 93.7 cm³/mol. The molecular weight excluding hydrogens is 312 g/mol. The second kappa shape index (κ2) is 12.2. The van der Waals surface area contributed by atoms with Gasteiger partial charge in [0, 0.05) is 6.07 Å². The molecular formula is C19H28ClO3. The van der Waals surface area contributed by atoms with Gasteiger partial charge in [-0.3, -0.25) is 5.11 Å². The van der Waals surface area contributed by atoms with Crippen molar-refractivity contribution in [3.8, 4) is 5.75 Å². The summed E-state index contributed by atoms with van der Waals surface area (Å²) in [5.74, 6) is -0.797. The summed E-state index contributed by atoms with van der Waals surface area (Å²) in [7, 11) is 0. The number of benzene rings is 1. The van der Waals surface area contributed by atoms with Crippen molar-refractivity contribution in [2.45, 2.75) is 71.1 Å². The van der Waals surface area contributed by atoms with Gasteiger partial charge in [-0.15, -0.1) is 0 Å². The number of carbonyl (C=O) groups is 1. The van der Waals surface area contributed by atoms with Crippen LogP contribution >= 0.6 is 11.6 Å². The van der Waals surface area contributed by atoms with Gasteiger partial charge in [0.05, 0.1) is 17.2 Å². The lowest BCUT2D eigenvalue weighted by atomic mass is 10.1. The zero-order chi connectivity index (χ0) is 16.9. The molecule has 1 rings (SSSR count). The van der Waals surface area contributed by atoms with Crippen LogP contribution in [0.1, 0.15) is 81.5 Å². The first-order chi connectivity index (χ1) is 11.1. The van der Waals surface area contributed by atoms with Gasteiger partial charge in [-0.2, -0.15) is 0 Å². The lowest BCUT2D eigenvalue weighted by Crippen LogP contribution is -2.06.